The van der Waals surface area contributed by atoms with Crippen LogP contribution in [0, 0.1) is 5.92 Å². The molecular formula is C21H27ClN4O2. The minimum absolute atomic E-state index is 0.0763. The van der Waals surface area contributed by atoms with E-state index in [2.05, 4.69) is 20.6 Å². The summed E-state index contributed by atoms with van der Waals surface area (Å²) in [6.45, 7) is 3.24. The molecule has 0 radical (unpaired) electrons. The molecule has 3 rings (SSSR count). The predicted octanol–water partition coefficient (Wildman–Crippen LogP) is 3.36. The standard InChI is InChI=1S/C21H27ClN4O2/c1-28-10-4-9-24-21-7-2-6-19(26-21)17-11-16(25-14-18(17)22)12-20(27)15-5-3-8-23-13-15/h2,6-7,11,14-15,23H,3-5,8-10,12-13H2,1H3,(H,24,26)/t15-/m1/s1. The fourth-order valence-corrected chi connectivity index (χ4v) is 3.54. The van der Waals surface area contributed by atoms with E-state index in [9.17, 15) is 4.79 Å². The molecule has 2 aromatic heterocycles. The smallest absolute Gasteiger partial charge is 0.143 e. The molecule has 0 bridgehead atoms. The Labute approximate surface area is 171 Å². The van der Waals surface area contributed by atoms with E-state index in [0.717, 1.165) is 61.7 Å². The van der Waals surface area contributed by atoms with Gasteiger partial charge in [-0.05, 0) is 44.0 Å². The van der Waals surface area contributed by atoms with Crippen molar-refractivity contribution in [3.8, 4) is 11.3 Å². The van der Waals surface area contributed by atoms with Gasteiger partial charge in [-0.15, -0.1) is 0 Å². The first-order valence-corrected chi connectivity index (χ1v) is 10.1. The number of rotatable bonds is 9. The van der Waals surface area contributed by atoms with E-state index in [4.69, 9.17) is 16.3 Å². The lowest BCUT2D eigenvalue weighted by Crippen LogP contribution is -2.35. The summed E-state index contributed by atoms with van der Waals surface area (Å²) in [5.74, 6) is 1.09. The number of nitrogens with one attached hydrogen (secondary N) is 2. The van der Waals surface area contributed by atoms with E-state index < -0.39 is 0 Å². The average molecular weight is 403 g/mol. The SMILES string of the molecule is COCCCNc1cccc(-c2cc(CC(=O)[C@@H]3CCCNC3)ncc2Cl)n1. The third-order valence-corrected chi connectivity index (χ3v) is 5.18. The number of ether oxygens (including phenoxy) is 1. The number of nitrogens with zero attached hydrogens (tertiary/aromatic N) is 2. The second-order valence-corrected chi connectivity index (χ2v) is 7.43. The van der Waals surface area contributed by atoms with Crippen molar-refractivity contribution >= 4 is 23.2 Å². The molecule has 1 atom stereocenters. The Bertz CT molecular complexity index is 794. The van der Waals surface area contributed by atoms with Crippen LogP contribution in [0.15, 0.2) is 30.5 Å². The topological polar surface area (TPSA) is 76.1 Å². The van der Waals surface area contributed by atoms with Crippen molar-refractivity contribution < 1.29 is 9.53 Å². The highest BCUT2D eigenvalue weighted by Crippen LogP contribution is 2.28. The first kappa shape index (κ1) is 20.7. The Morgan fingerprint density at radius 3 is 3.11 bits per heavy atom. The molecule has 7 heteroatoms. The Morgan fingerprint density at radius 1 is 1.43 bits per heavy atom. The van der Waals surface area contributed by atoms with E-state index in [-0.39, 0.29) is 11.7 Å². The van der Waals surface area contributed by atoms with Gasteiger partial charge in [-0.25, -0.2) is 4.98 Å². The second kappa shape index (κ2) is 10.5. The number of hydrogen-bond donors (Lipinski definition) is 2. The lowest BCUT2D eigenvalue weighted by atomic mass is 9.92. The summed E-state index contributed by atoms with van der Waals surface area (Å²) in [4.78, 5) is 21.6. The summed E-state index contributed by atoms with van der Waals surface area (Å²) in [5, 5.41) is 7.11. The van der Waals surface area contributed by atoms with Crippen molar-refractivity contribution in [1.29, 1.82) is 0 Å². The molecule has 1 aliphatic heterocycles. The average Bonchev–Trinajstić information content (AvgIpc) is 2.73. The van der Waals surface area contributed by atoms with Gasteiger partial charge in [-0.2, -0.15) is 0 Å². The maximum Gasteiger partial charge on any atom is 0.143 e. The molecule has 2 N–H and O–H groups in total. The van der Waals surface area contributed by atoms with E-state index in [0.29, 0.717) is 18.1 Å². The van der Waals surface area contributed by atoms with Crippen LogP contribution in [0.4, 0.5) is 5.82 Å². The zero-order valence-corrected chi connectivity index (χ0v) is 17.0. The van der Waals surface area contributed by atoms with Crippen LogP contribution in [0.3, 0.4) is 0 Å². The van der Waals surface area contributed by atoms with Crippen molar-refractivity contribution in [3.05, 3.63) is 41.2 Å². The molecule has 0 unspecified atom stereocenters. The van der Waals surface area contributed by atoms with Gasteiger partial charge in [-0.3, -0.25) is 9.78 Å². The van der Waals surface area contributed by atoms with E-state index in [1.165, 1.54) is 0 Å². The van der Waals surface area contributed by atoms with E-state index >= 15 is 0 Å². The van der Waals surface area contributed by atoms with Gasteiger partial charge in [0.1, 0.15) is 11.6 Å². The highest BCUT2D eigenvalue weighted by atomic mass is 35.5. The van der Waals surface area contributed by atoms with Gasteiger partial charge < -0.3 is 15.4 Å². The van der Waals surface area contributed by atoms with Crippen LogP contribution in [0.1, 0.15) is 25.0 Å². The Kier molecular flexibility index (Phi) is 7.77. The largest absolute Gasteiger partial charge is 0.385 e. The molecule has 0 aromatic carbocycles. The van der Waals surface area contributed by atoms with Gasteiger partial charge in [0.25, 0.3) is 0 Å². The summed E-state index contributed by atoms with van der Waals surface area (Å²) >= 11 is 6.38. The third kappa shape index (κ3) is 5.74. The fourth-order valence-electron chi connectivity index (χ4n) is 3.34. The Balaban J connectivity index is 1.71. The molecule has 0 amide bonds. The van der Waals surface area contributed by atoms with Crippen molar-refractivity contribution in [2.24, 2.45) is 5.92 Å². The zero-order valence-electron chi connectivity index (χ0n) is 16.2. The number of carbonyl (C=O) groups is 1. The number of carbonyl (C=O) groups excluding carboxylic acids is 1. The van der Waals surface area contributed by atoms with Crippen LogP contribution < -0.4 is 10.6 Å². The summed E-state index contributed by atoms with van der Waals surface area (Å²) in [6.07, 6.45) is 4.83. The predicted molar refractivity (Wildman–Crippen MR) is 112 cm³/mol. The van der Waals surface area contributed by atoms with Crippen LogP contribution in [0.25, 0.3) is 11.3 Å². The maximum atomic E-state index is 12.6. The maximum absolute atomic E-state index is 12.6. The molecule has 1 fully saturated rings. The normalized spacial score (nSPS) is 16.7. The van der Waals surface area contributed by atoms with E-state index in [1.54, 1.807) is 13.3 Å². The lowest BCUT2D eigenvalue weighted by molar-refractivity contribution is -0.122. The number of hydrogen-bond acceptors (Lipinski definition) is 6. The van der Waals surface area contributed by atoms with Gasteiger partial charge >= 0.3 is 0 Å². The van der Waals surface area contributed by atoms with Gasteiger partial charge in [0.2, 0.25) is 0 Å². The number of aromatic nitrogens is 2. The molecule has 1 saturated heterocycles. The molecule has 0 saturated carbocycles. The number of pyridine rings is 2. The van der Waals surface area contributed by atoms with Crippen molar-refractivity contribution in [3.63, 3.8) is 0 Å². The first-order valence-electron chi connectivity index (χ1n) is 9.75. The molecule has 2 aromatic rings. The van der Waals surface area contributed by atoms with Crippen LogP contribution in [0.2, 0.25) is 5.02 Å². The summed E-state index contributed by atoms with van der Waals surface area (Å²) in [5.41, 5.74) is 2.29. The number of methoxy groups -OCH3 is 1. The molecule has 0 spiro atoms. The van der Waals surface area contributed by atoms with Crippen molar-refractivity contribution in [2.45, 2.75) is 25.7 Å². The van der Waals surface area contributed by atoms with Crippen LogP contribution in [0.5, 0.6) is 0 Å². The number of Topliss-reactive ketones (excluding diaryl/α,β-unsaturated/α-hetero) is 1. The van der Waals surface area contributed by atoms with Gasteiger partial charge in [0.15, 0.2) is 0 Å². The first-order chi connectivity index (χ1) is 13.7. The van der Waals surface area contributed by atoms with E-state index in [1.807, 2.05) is 24.3 Å². The quantitative estimate of drug-likeness (QED) is 0.626. The molecule has 0 aliphatic carbocycles. The van der Waals surface area contributed by atoms with Crippen molar-refractivity contribution in [1.82, 2.24) is 15.3 Å². The molecule has 6 nitrogen and oxygen atoms in total. The monoisotopic (exact) mass is 402 g/mol. The number of ketones is 1. The third-order valence-electron chi connectivity index (χ3n) is 4.88. The molecule has 1 aliphatic rings. The second-order valence-electron chi connectivity index (χ2n) is 7.02. The Morgan fingerprint density at radius 2 is 2.32 bits per heavy atom. The highest BCUT2D eigenvalue weighted by molar-refractivity contribution is 6.33. The van der Waals surface area contributed by atoms with Gasteiger partial charge in [-0.1, -0.05) is 17.7 Å². The minimum atomic E-state index is 0.0763. The summed E-state index contributed by atoms with van der Waals surface area (Å²) < 4.78 is 5.06. The Hall–Kier alpha value is -2.02. The zero-order chi connectivity index (χ0) is 19.8. The minimum Gasteiger partial charge on any atom is -0.385 e. The number of piperidine rings is 1. The van der Waals surface area contributed by atoms with Gasteiger partial charge in [0, 0.05) is 56.6 Å². The van der Waals surface area contributed by atoms with Crippen LogP contribution in [-0.4, -0.2) is 49.1 Å². The molecular weight excluding hydrogens is 376 g/mol. The summed E-state index contributed by atoms with van der Waals surface area (Å²) in [7, 11) is 1.69. The fraction of sp³-hybridized carbons (Fsp3) is 0.476. The van der Waals surface area contributed by atoms with Gasteiger partial charge in [0.05, 0.1) is 10.7 Å². The lowest BCUT2D eigenvalue weighted by Gasteiger charge is -2.21. The number of anilines is 1. The number of halogens is 1. The molecule has 3 heterocycles. The summed E-state index contributed by atoms with van der Waals surface area (Å²) in [6, 6.07) is 7.66. The van der Waals surface area contributed by atoms with Crippen LogP contribution >= 0.6 is 11.6 Å². The molecule has 150 valence electrons. The van der Waals surface area contributed by atoms with Crippen molar-refractivity contribution in [2.75, 3.05) is 38.7 Å². The van der Waals surface area contributed by atoms with Crippen LogP contribution in [-0.2, 0) is 16.0 Å². The highest BCUT2D eigenvalue weighted by Gasteiger charge is 2.21. The molecule has 28 heavy (non-hydrogen) atoms.